The molecule has 98 valence electrons. The fourth-order valence-electron chi connectivity index (χ4n) is 1.80. The highest BCUT2D eigenvalue weighted by atomic mass is 19.1. The quantitative estimate of drug-likeness (QED) is 0.893. The lowest BCUT2D eigenvalue weighted by atomic mass is 10.2. The summed E-state index contributed by atoms with van der Waals surface area (Å²) in [6.45, 7) is 3.31. The van der Waals surface area contributed by atoms with Gasteiger partial charge < -0.3 is 5.11 Å². The molecule has 0 radical (unpaired) electrons. The van der Waals surface area contributed by atoms with Gasteiger partial charge in [-0.3, -0.25) is 4.79 Å². The van der Waals surface area contributed by atoms with E-state index >= 15 is 0 Å². The number of rotatable bonds is 2. The van der Waals surface area contributed by atoms with E-state index in [1.807, 2.05) is 0 Å². The van der Waals surface area contributed by atoms with Crippen molar-refractivity contribution < 1.29 is 14.3 Å². The Bertz CT molecular complexity index is 702. The van der Waals surface area contributed by atoms with Crippen molar-refractivity contribution in [3.63, 3.8) is 0 Å². The molecule has 0 bridgehead atoms. The molecule has 0 amide bonds. The number of hydrogen-bond acceptors (Lipinski definition) is 3. The topological polar surface area (TPSA) is 72.2 Å². The van der Waals surface area contributed by atoms with Crippen LogP contribution >= 0.6 is 0 Å². The Kier molecular flexibility index (Phi) is 3.16. The minimum atomic E-state index is -1.41. The number of aryl methyl sites for hydroxylation is 2. The summed E-state index contributed by atoms with van der Waals surface area (Å²) in [5.74, 6) is -1.86. The van der Waals surface area contributed by atoms with E-state index in [4.69, 9.17) is 5.11 Å². The van der Waals surface area contributed by atoms with E-state index in [0.29, 0.717) is 16.9 Å². The molecule has 0 fully saturated rings. The fraction of sp³-hybridized carbons (Fsp3) is 0.154. The summed E-state index contributed by atoms with van der Waals surface area (Å²) in [7, 11) is 0. The summed E-state index contributed by atoms with van der Waals surface area (Å²) < 4.78 is 14.6. The first-order valence-corrected chi connectivity index (χ1v) is 5.50. The Morgan fingerprint density at radius 1 is 1.26 bits per heavy atom. The number of carboxylic acids is 1. The van der Waals surface area contributed by atoms with Crippen LogP contribution in [-0.2, 0) is 0 Å². The molecule has 5 nitrogen and oxygen atoms in total. The van der Waals surface area contributed by atoms with Crippen molar-refractivity contribution in [2.24, 2.45) is 0 Å². The summed E-state index contributed by atoms with van der Waals surface area (Å²) >= 11 is 0. The Labute approximate surface area is 107 Å². The van der Waals surface area contributed by atoms with E-state index in [1.165, 1.54) is 16.8 Å². The maximum Gasteiger partial charge on any atom is 0.360 e. The van der Waals surface area contributed by atoms with Crippen LogP contribution in [0.25, 0.3) is 5.69 Å². The zero-order valence-electron chi connectivity index (χ0n) is 10.3. The number of benzene rings is 1. The van der Waals surface area contributed by atoms with E-state index in [2.05, 4.69) is 5.10 Å². The van der Waals surface area contributed by atoms with Crippen molar-refractivity contribution in [1.29, 1.82) is 0 Å². The third-order valence-electron chi connectivity index (χ3n) is 2.58. The Hall–Kier alpha value is -2.50. The molecule has 6 heteroatoms. The fourth-order valence-corrected chi connectivity index (χ4v) is 1.80. The van der Waals surface area contributed by atoms with E-state index in [-0.39, 0.29) is 0 Å². The molecule has 1 heterocycles. The van der Waals surface area contributed by atoms with Gasteiger partial charge in [-0.2, -0.15) is 5.10 Å². The predicted molar refractivity (Wildman–Crippen MR) is 66.2 cm³/mol. The summed E-state index contributed by atoms with van der Waals surface area (Å²) in [5.41, 5.74) is 0.214. The number of carboxylic acid groups (broad SMARTS) is 1. The summed E-state index contributed by atoms with van der Waals surface area (Å²) in [6.07, 6.45) is 0. The lowest BCUT2D eigenvalue weighted by Gasteiger charge is -2.10. The van der Waals surface area contributed by atoms with Gasteiger partial charge in [0, 0.05) is 11.8 Å². The van der Waals surface area contributed by atoms with Gasteiger partial charge >= 0.3 is 5.97 Å². The molecule has 1 N–H and O–H groups in total. The van der Waals surface area contributed by atoms with E-state index < -0.39 is 22.9 Å². The van der Waals surface area contributed by atoms with E-state index in [0.717, 1.165) is 6.07 Å². The standard InChI is InChI=1S/C13H11FN2O3/c1-7-3-9(14)6-10(4-7)16-8(2)5-11(17)12(15-16)13(18)19/h3-6H,1-2H3,(H,18,19). The van der Waals surface area contributed by atoms with Crippen molar-refractivity contribution in [3.05, 3.63) is 57.3 Å². The van der Waals surface area contributed by atoms with Gasteiger partial charge in [0.2, 0.25) is 11.1 Å². The van der Waals surface area contributed by atoms with Crippen molar-refractivity contribution >= 4 is 5.97 Å². The first-order valence-electron chi connectivity index (χ1n) is 5.50. The summed E-state index contributed by atoms with van der Waals surface area (Å²) in [6, 6.07) is 5.39. The van der Waals surface area contributed by atoms with Crippen LogP contribution in [0.15, 0.2) is 29.1 Å². The lowest BCUT2D eigenvalue weighted by Crippen LogP contribution is -2.22. The molecule has 0 saturated heterocycles. The number of aromatic carboxylic acids is 1. The normalized spacial score (nSPS) is 10.5. The van der Waals surface area contributed by atoms with Crippen LogP contribution in [0.1, 0.15) is 21.7 Å². The number of aromatic nitrogens is 2. The predicted octanol–water partition coefficient (Wildman–Crippen LogP) is 1.69. The van der Waals surface area contributed by atoms with E-state index in [9.17, 15) is 14.0 Å². The summed E-state index contributed by atoms with van der Waals surface area (Å²) in [4.78, 5) is 22.4. The average Bonchev–Trinajstić information content (AvgIpc) is 2.26. The molecule has 2 rings (SSSR count). The second-order valence-corrected chi connectivity index (χ2v) is 4.20. The first-order chi connectivity index (χ1) is 8.88. The maximum atomic E-state index is 13.4. The molecule has 0 unspecified atom stereocenters. The Balaban J connectivity index is 2.71. The van der Waals surface area contributed by atoms with Gasteiger partial charge in [0.05, 0.1) is 5.69 Å². The van der Waals surface area contributed by atoms with Crippen LogP contribution in [0.5, 0.6) is 0 Å². The van der Waals surface area contributed by atoms with Gasteiger partial charge in [0.25, 0.3) is 0 Å². The minimum absolute atomic E-state index is 0.373. The van der Waals surface area contributed by atoms with Crippen molar-refractivity contribution in [2.75, 3.05) is 0 Å². The second-order valence-electron chi connectivity index (χ2n) is 4.20. The van der Waals surface area contributed by atoms with Crippen molar-refractivity contribution in [2.45, 2.75) is 13.8 Å². The van der Waals surface area contributed by atoms with Crippen LogP contribution in [0.2, 0.25) is 0 Å². The zero-order chi connectivity index (χ0) is 14.2. The minimum Gasteiger partial charge on any atom is -0.476 e. The monoisotopic (exact) mass is 262 g/mol. The SMILES string of the molecule is Cc1cc(F)cc(-n2nc(C(=O)O)c(=O)cc2C)c1. The molecule has 0 atom stereocenters. The van der Waals surface area contributed by atoms with Gasteiger partial charge in [0.15, 0.2) is 0 Å². The van der Waals surface area contributed by atoms with Crippen LogP contribution in [0.3, 0.4) is 0 Å². The average molecular weight is 262 g/mol. The lowest BCUT2D eigenvalue weighted by molar-refractivity contribution is 0.0686. The van der Waals surface area contributed by atoms with Gasteiger partial charge in [-0.25, -0.2) is 13.9 Å². The molecule has 0 aliphatic carbocycles. The molecular weight excluding hydrogens is 251 g/mol. The van der Waals surface area contributed by atoms with Crippen LogP contribution in [0.4, 0.5) is 4.39 Å². The molecule has 0 aliphatic rings. The van der Waals surface area contributed by atoms with E-state index in [1.54, 1.807) is 19.9 Å². The Morgan fingerprint density at radius 2 is 1.95 bits per heavy atom. The van der Waals surface area contributed by atoms with Crippen LogP contribution in [-0.4, -0.2) is 20.9 Å². The molecule has 0 aliphatic heterocycles. The number of hydrogen-bond donors (Lipinski definition) is 1. The maximum absolute atomic E-state index is 13.4. The van der Waals surface area contributed by atoms with Crippen molar-refractivity contribution in [1.82, 2.24) is 9.78 Å². The van der Waals surface area contributed by atoms with Crippen LogP contribution < -0.4 is 5.43 Å². The third-order valence-corrected chi connectivity index (χ3v) is 2.58. The smallest absolute Gasteiger partial charge is 0.360 e. The molecule has 1 aromatic carbocycles. The molecule has 0 spiro atoms. The van der Waals surface area contributed by atoms with Gasteiger partial charge in [-0.1, -0.05) is 0 Å². The molecule has 0 saturated carbocycles. The van der Waals surface area contributed by atoms with Gasteiger partial charge in [0.1, 0.15) is 5.82 Å². The first kappa shape index (κ1) is 12.9. The highest BCUT2D eigenvalue weighted by Gasteiger charge is 2.14. The third kappa shape index (κ3) is 2.52. The number of nitrogens with zero attached hydrogens (tertiary/aromatic N) is 2. The van der Waals surface area contributed by atoms with Gasteiger partial charge in [-0.05, 0) is 37.6 Å². The highest BCUT2D eigenvalue weighted by molar-refractivity contribution is 5.84. The Morgan fingerprint density at radius 3 is 2.53 bits per heavy atom. The summed E-state index contributed by atoms with van der Waals surface area (Å²) in [5, 5.41) is 12.6. The molecule has 2 aromatic rings. The molecule has 1 aromatic heterocycles. The largest absolute Gasteiger partial charge is 0.476 e. The second kappa shape index (κ2) is 4.64. The molecular formula is C13H11FN2O3. The molecule has 19 heavy (non-hydrogen) atoms. The van der Waals surface area contributed by atoms with Crippen LogP contribution in [0, 0.1) is 19.7 Å². The van der Waals surface area contributed by atoms with Crippen molar-refractivity contribution in [3.8, 4) is 5.69 Å². The highest BCUT2D eigenvalue weighted by Crippen LogP contribution is 2.13. The van der Waals surface area contributed by atoms with Gasteiger partial charge in [-0.15, -0.1) is 0 Å². The zero-order valence-corrected chi connectivity index (χ0v) is 10.3. The number of carbonyl (C=O) groups is 1. The number of halogens is 1.